The van der Waals surface area contributed by atoms with Gasteiger partial charge in [0.1, 0.15) is 0 Å². The number of allylic oxidation sites excluding steroid dienone is 2. The molecule has 1 heteroatoms. The van der Waals surface area contributed by atoms with Crippen molar-refractivity contribution in [3.63, 3.8) is 0 Å². The maximum Gasteiger partial charge on any atom is 0.160 e. The van der Waals surface area contributed by atoms with Gasteiger partial charge in [-0.15, -0.1) is 0 Å². The Hall–Kier alpha value is -1.37. The Morgan fingerprint density at radius 2 is 1.68 bits per heavy atom. The number of benzene rings is 1. The van der Waals surface area contributed by atoms with E-state index in [9.17, 15) is 4.79 Å². The summed E-state index contributed by atoms with van der Waals surface area (Å²) in [6, 6.07) is 10.7. The molecule has 0 saturated heterocycles. The van der Waals surface area contributed by atoms with E-state index in [0.29, 0.717) is 5.92 Å². The summed E-state index contributed by atoms with van der Waals surface area (Å²) in [5.74, 6) is 0.934. The summed E-state index contributed by atoms with van der Waals surface area (Å²) < 4.78 is 0. The van der Waals surface area contributed by atoms with Gasteiger partial charge in [-0.05, 0) is 43.2 Å². The zero-order valence-electron chi connectivity index (χ0n) is 12.3. The van der Waals surface area contributed by atoms with Gasteiger partial charge in [-0.2, -0.15) is 0 Å². The number of ketones is 1. The van der Waals surface area contributed by atoms with Crippen molar-refractivity contribution >= 4 is 5.78 Å². The fraction of sp³-hybridized carbons (Fsp3) is 0.500. The Kier molecular flexibility index (Phi) is 4.24. The fourth-order valence-corrected chi connectivity index (χ4v) is 2.59. The van der Waals surface area contributed by atoms with Crippen molar-refractivity contribution in [2.75, 3.05) is 0 Å². The average Bonchev–Trinajstić information content (AvgIpc) is 2.39. The molecule has 1 fully saturated rings. The third-order valence-corrected chi connectivity index (χ3v) is 3.97. The molecule has 0 radical (unpaired) electrons. The normalized spacial score (nSPS) is 20.2. The second-order valence-corrected chi connectivity index (χ2v) is 6.60. The summed E-state index contributed by atoms with van der Waals surface area (Å²) in [5.41, 5.74) is 2.54. The third-order valence-electron chi connectivity index (χ3n) is 3.97. The maximum atomic E-state index is 12.0. The largest absolute Gasteiger partial charge is 0.294 e. The molecular formula is C18H24O. The summed E-state index contributed by atoms with van der Waals surface area (Å²) in [6.07, 6.45) is 6.39. The second kappa shape index (κ2) is 5.73. The van der Waals surface area contributed by atoms with Gasteiger partial charge < -0.3 is 0 Å². The van der Waals surface area contributed by atoms with Gasteiger partial charge in [0.25, 0.3) is 0 Å². The van der Waals surface area contributed by atoms with Gasteiger partial charge >= 0.3 is 0 Å². The van der Waals surface area contributed by atoms with E-state index in [-0.39, 0.29) is 11.2 Å². The molecular weight excluding hydrogens is 232 g/mol. The van der Waals surface area contributed by atoms with Crippen molar-refractivity contribution in [3.8, 4) is 0 Å². The molecule has 1 aromatic carbocycles. The molecule has 102 valence electrons. The van der Waals surface area contributed by atoms with Crippen LogP contribution in [0.2, 0.25) is 0 Å². The van der Waals surface area contributed by atoms with Crippen LogP contribution in [0.5, 0.6) is 0 Å². The average molecular weight is 256 g/mol. The van der Waals surface area contributed by atoms with Crippen LogP contribution in [0.4, 0.5) is 0 Å². The molecule has 0 N–H and O–H groups in total. The zero-order chi connectivity index (χ0) is 13.9. The van der Waals surface area contributed by atoms with Crippen LogP contribution >= 0.6 is 0 Å². The SMILES string of the molecule is CC(C)(C)C(=O)C=C1CCC(c2ccccc2)CC1. The van der Waals surface area contributed by atoms with E-state index < -0.39 is 0 Å². The molecule has 1 aliphatic rings. The van der Waals surface area contributed by atoms with Gasteiger partial charge in [0, 0.05) is 5.41 Å². The lowest BCUT2D eigenvalue weighted by Gasteiger charge is -2.25. The van der Waals surface area contributed by atoms with Crippen molar-refractivity contribution in [2.24, 2.45) is 5.41 Å². The van der Waals surface area contributed by atoms with Crippen LogP contribution in [-0.2, 0) is 4.79 Å². The lowest BCUT2D eigenvalue weighted by Crippen LogP contribution is -2.18. The molecule has 0 aliphatic heterocycles. The first-order chi connectivity index (χ1) is 8.97. The third kappa shape index (κ3) is 3.79. The molecule has 0 heterocycles. The van der Waals surface area contributed by atoms with Crippen LogP contribution in [0, 0.1) is 5.41 Å². The van der Waals surface area contributed by atoms with E-state index in [1.54, 1.807) is 0 Å². The molecule has 1 saturated carbocycles. The quantitative estimate of drug-likeness (QED) is 0.689. The topological polar surface area (TPSA) is 17.1 Å². The standard InChI is InChI=1S/C18H24O/c1-18(2,3)17(19)13-14-9-11-16(12-10-14)15-7-5-4-6-8-15/h4-8,13,16H,9-12H2,1-3H3. The Labute approximate surface area is 116 Å². The van der Waals surface area contributed by atoms with Crippen LogP contribution in [-0.4, -0.2) is 5.78 Å². The van der Waals surface area contributed by atoms with Gasteiger partial charge in [-0.3, -0.25) is 4.79 Å². The highest BCUT2D eigenvalue weighted by Crippen LogP contribution is 2.35. The summed E-state index contributed by atoms with van der Waals surface area (Å²) in [4.78, 5) is 12.0. The van der Waals surface area contributed by atoms with Crippen molar-refractivity contribution < 1.29 is 4.79 Å². The molecule has 1 aromatic rings. The molecule has 0 unspecified atom stereocenters. The van der Waals surface area contributed by atoms with Crippen molar-refractivity contribution in [2.45, 2.75) is 52.4 Å². The number of carbonyl (C=O) groups is 1. The summed E-state index contributed by atoms with van der Waals surface area (Å²) in [5, 5.41) is 0. The minimum absolute atomic E-state index is 0.247. The van der Waals surface area contributed by atoms with Gasteiger partial charge in [0.2, 0.25) is 0 Å². The van der Waals surface area contributed by atoms with Gasteiger partial charge in [-0.25, -0.2) is 0 Å². The second-order valence-electron chi connectivity index (χ2n) is 6.60. The minimum atomic E-state index is -0.247. The molecule has 0 bridgehead atoms. The van der Waals surface area contributed by atoms with Crippen LogP contribution in [0.15, 0.2) is 42.0 Å². The molecule has 0 spiro atoms. The molecule has 0 atom stereocenters. The highest BCUT2D eigenvalue weighted by molar-refractivity contribution is 5.94. The van der Waals surface area contributed by atoms with Gasteiger partial charge in [0.15, 0.2) is 5.78 Å². The minimum Gasteiger partial charge on any atom is -0.294 e. The van der Waals surface area contributed by atoms with Crippen LogP contribution in [0.1, 0.15) is 57.9 Å². The number of hydrogen-bond donors (Lipinski definition) is 0. The highest BCUT2D eigenvalue weighted by Gasteiger charge is 2.22. The van der Waals surface area contributed by atoms with Crippen molar-refractivity contribution in [1.29, 1.82) is 0 Å². The van der Waals surface area contributed by atoms with Crippen molar-refractivity contribution in [1.82, 2.24) is 0 Å². The molecule has 2 rings (SSSR count). The lowest BCUT2D eigenvalue weighted by molar-refractivity contribution is -0.121. The van der Waals surface area contributed by atoms with Crippen LogP contribution < -0.4 is 0 Å². The summed E-state index contributed by atoms with van der Waals surface area (Å²) in [6.45, 7) is 5.96. The van der Waals surface area contributed by atoms with E-state index in [4.69, 9.17) is 0 Å². The first kappa shape index (κ1) is 14.0. The van der Waals surface area contributed by atoms with Crippen LogP contribution in [0.3, 0.4) is 0 Å². The number of rotatable bonds is 2. The molecule has 19 heavy (non-hydrogen) atoms. The highest BCUT2D eigenvalue weighted by atomic mass is 16.1. The predicted molar refractivity (Wildman–Crippen MR) is 80.2 cm³/mol. The van der Waals surface area contributed by atoms with Gasteiger partial charge in [0.05, 0.1) is 0 Å². The molecule has 1 nitrogen and oxygen atoms in total. The van der Waals surface area contributed by atoms with E-state index in [1.807, 2.05) is 26.8 Å². The monoisotopic (exact) mass is 256 g/mol. The molecule has 1 aliphatic carbocycles. The smallest absolute Gasteiger partial charge is 0.160 e. The predicted octanol–water partition coefficient (Wildman–Crippen LogP) is 4.89. The van der Waals surface area contributed by atoms with Crippen LogP contribution in [0.25, 0.3) is 0 Å². The van der Waals surface area contributed by atoms with E-state index in [2.05, 4.69) is 30.3 Å². The Morgan fingerprint density at radius 1 is 1.11 bits per heavy atom. The zero-order valence-corrected chi connectivity index (χ0v) is 12.3. The van der Waals surface area contributed by atoms with E-state index >= 15 is 0 Å². The Morgan fingerprint density at radius 3 is 2.21 bits per heavy atom. The van der Waals surface area contributed by atoms with E-state index in [0.717, 1.165) is 12.8 Å². The van der Waals surface area contributed by atoms with Crippen molar-refractivity contribution in [3.05, 3.63) is 47.5 Å². The lowest BCUT2D eigenvalue weighted by atomic mass is 9.80. The molecule has 0 amide bonds. The summed E-state index contributed by atoms with van der Waals surface area (Å²) in [7, 11) is 0. The van der Waals surface area contributed by atoms with Gasteiger partial charge in [-0.1, -0.05) is 56.7 Å². The fourth-order valence-electron chi connectivity index (χ4n) is 2.59. The van der Waals surface area contributed by atoms with E-state index in [1.165, 1.54) is 24.0 Å². The number of hydrogen-bond acceptors (Lipinski definition) is 1. The summed E-state index contributed by atoms with van der Waals surface area (Å²) >= 11 is 0. The maximum absolute atomic E-state index is 12.0. The number of carbonyl (C=O) groups excluding carboxylic acids is 1. The first-order valence-electron chi connectivity index (χ1n) is 7.25. The Bertz CT molecular complexity index is 452. The first-order valence-corrected chi connectivity index (χ1v) is 7.25. The Balaban J connectivity index is 1.96. The molecule has 0 aromatic heterocycles.